The molecular weight excluding hydrogens is 632 g/mol. The summed E-state index contributed by atoms with van der Waals surface area (Å²) in [6.07, 6.45) is 2.39. The molecule has 9 heteroatoms. The number of fused-ring (bicyclic) bond motifs is 4. The van der Waals surface area contributed by atoms with Crippen LogP contribution in [0.15, 0.2) is 115 Å². The van der Waals surface area contributed by atoms with Gasteiger partial charge in [0.25, 0.3) is 0 Å². The van der Waals surface area contributed by atoms with Gasteiger partial charge in [0.1, 0.15) is 0 Å². The molecule has 0 bridgehead atoms. The highest BCUT2D eigenvalue weighted by molar-refractivity contribution is 6.25. The Hall–Kier alpha value is -5.83. The standard InChI is InChI=1S/C41H34N2O7/c1-41-31(38(47)43(40(41)49)25-12-7-4-8-13-25)22-30-27(34(41)29-14-9-15-32(50-2)36(29)45)20-21-28-33(30)39(48)42(37(28)46)26-18-16-24(17-19-26)35(44)23-10-5-3-6-11-23/h3-20,28,30-31,33-34,45H,21-22H2,1-2H3. The number of phenolic OH excluding ortho intramolecular Hbond substituents is 1. The van der Waals surface area contributed by atoms with E-state index >= 15 is 0 Å². The fraction of sp³-hybridized carbons (Fsp3) is 0.244. The highest BCUT2D eigenvalue weighted by Crippen LogP contribution is 2.65. The van der Waals surface area contributed by atoms with Crippen LogP contribution in [0.5, 0.6) is 11.5 Å². The van der Waals surface area contributed by atoms with E-state index in [0.717, 1.165) is 5.57 Å². The van der Waals surface area contributed by atoms with Gasteiger partial charge < -0.3 is 9.84 Å². The van der Waals surface area contributed by atoms with E-state index in [1.807, 2.05) is 18.2 Å². The second-order valence-corrected chi connectivity index (χ2v) is 13.6. The van der Waals surface area contributed by atoms with Crippen LogP contribution < -0.4 is 14.5 Å². The average molecular weight is 667 g/mol. The number of rotatable bonds is 6. The first-order valence-electron chi connectivity index (χ1n) is 16.7. The van der Waals surface area contributed by atoms with Gasteiger partial charge in [0.2, 0.25) is 23.6 Å². The van der Waals surface area contributed by atoms with Gasteiger partial charge >= 0.3 is 0 Å². The molecule has 0 radical (unpaired) electrons. The summed E-state index contributed by atoms with van der Waals surface area (Å²) in [5.74, 6) is -5.14. The van der Waals surface area contributed by atoms with Crippen LogP contribution in [-0.2, 0) is 19.2 Å². The third kappa shape index (κ3) is 4.42. The molecule has 2 heterocycles. The quantitative estimate of drug-likeness (QED) is 0.151. The van der Waals surface area contributed by atoms with Crippen LogP contribution in [0.4, 0.5) is 11.4 Å². The normalized spacial score (nSPS) is 27.1. The van der Waals surface area contributed by atoms with Crippen molar-refractivity contribution in [1.29, 1.82) is 0 Å². The number of phenols is 1. The molecule has 2 aliphatic heterocycles. The van der Waals surface area contributed by atoms with Gasteiger partial charge in [-0.1, -0.05) is 72.3 Å². The highest BCUT2D eigenvalue weighted by Gasteiger charge is 2.68. The summed E-state index contributed by atoms with van der Waals surface area (Å²) in [6.45, 7) is 1.78. The van der Waals surface area contributed by atoms with Crippen LogP contribution in [0.1, 0.15) is 47.2 Å². The molecule has 6 atom stereocenters. The van der Waals surface area contributed by atoms with E-state index < -0.39 is 35.0 Å². The third-order valence-electron chi connectivity index (χ3n) is 11.3. The Bertz CT molecular complexity index is 2110. The second kappa shape index (κ2) is 11.7. The number of amides is 4. The predicted octanol–water partition coefficient (Wildman–Crippen LogP) is 6.07. The number of anilines is 2. The number of methoxy groups -OCH3 is 1. The molecule has 250 valence electrons. The molecule has 2 aliphatic carbocycles. The van der Waals surface area contributed by atoms with Gasteiger partial charge in [-0.3, -0.25) is 28.9 Å². The molecule has 4 amide bonds. The molecule has 4 aromatic rings. The first-order chi connectivity index (χ1) is 24.2. The number of benzene rings is 4. The Labute approximate surface area is 288 Å². The van der Waals surface area contributed by atoms with E-state index in [9.17, 15) is 29.1 Å². The number of carbonyl (C=O) groups is 5. The van der Waals surface area contributed by atoms with Crippen LogP contribution in [0, 0.1) is 29.1 Å². The maximum atomic E-state index is 14.6. The number of hydrogen-bond donors (Lipinski definition) is 1. The molecule has 1 saturated carbocycles. The van der Waals surface area contributed by atoms with E-state index in [-0.39, 0.29) is 53.8 Å². The van der Waals surface area contributed by atoms with Crippen molar-refractivity contribution in [3.05, 3.63) is 131 Å². The number of nitrogens with zero attached hydrogens (tertiary/aromatic N) is 2. The lowest BCUT2D eigenvalue weighted by Crippen LogP contribution is -2.48. The highest BCUT2D eigenvalue weighted by atomic mass is 16.5. The molecule has 4 aliphatic rings. The first kappa shape index (κ1) is 31.4. The average Bonchev–Trinajstić information content (AvgIpc) is 3.51. The molecule has 0 spiro atoms. The molecule has 1 N–H and O–H groups in total. The molecule has 3 fully saturated rings. The fourth-order valence-electron chi connectivity index (χ4n) is 8.89. The summed E-state index contributed by atoms with van der Waals surface area (Å²) in [5, 5.41) is 11.5. The smallest absolute Gasteiger partial charge is 0.241 e. The number of imide groups is 2. The number of carbonyl (C=O) groups excluding carboxylic acids is 5. The predicted molar refractivity (Wildman–Crippen MR) is 185 cm³/mol. The van der Waals surface area contributed by atoms with E-state index in [1.54, 1.807) is 97.9 Å². The van der Waals surface area contributed by atoms with E-state index in [4.69, 9.17) is 4.74 Å². The van der Waals surface area contributed by atoms with Crippen molar-refractivity contribution in [3.63, 3.8) is 0 Å². The minimum Gasteiger partial charge on any atom is -0.504 e. The fourth-order valence-corrected chi connectivity index (χ4v) is 8.89. The molecule has 9 nitrogen and oxygen atoms in total. The van der Waals surface area contributed by atoms with Gasteiger partial charge in [0.15, 0.2) is 17.3 Å². The molecule has 8 rings (SSSR count). The largest absolute Gasteiger partial charge is 0.504 e. The summed E-state index contributed by atoms with van der Waals surface area (Å²) in [6, 6.07) is 29.2. The zero-order chi connectivity index (χ0) is 34.9. The summed E-state index contributed by atoms with van der Waals surface area (Å²) in [7, 11) is 1.44. The monoisotopic (exact) mass is 666 g/mol. The van der Waals surface area contributed by atoms with E-state index in [0.29, 0.717) is 28.1 Å². The number of ether oxygens (including phenoxy) is 1. The van der Waals surface area contributed by atoms with Crippen LogP contribution >= 0.6 is 0 Å². The van der Waals surface area contributed by atoms with Gasteiger partial charge in [-0.2, -0.15) is 0 Å². The lowest BCUT2D eigenvalue weighted by Gasteiger charge is -2.49. The van der Waals surface area contributed by atoms with Crippen molar-refractivity contribution >= 4 is 40.8 Å². The molecule has 0 aromatic heterocycles. The zero-order valence-corrected chi connectivity index (χ0v) is 27.5. The Balaban J connectivity index is 1.19. The number of aromatic hydroxyl groups is 1. The molecular formula is C41H34N2O7. The summed E-state index contributed by atoms with van der Waals surface area (Å²) >= 11 is 0. The number of allylic oxidation sites excluding steroid dienone is 2. The Morgan fingerprint density at radius 2 is 1.38 bits per heavy atom. The Morgan fingerprint density at radius 3 is 2.06 bits per heavy atom. The van der Waals surface area contributed by atoms with Crippen molar-refractivity contribution in [2.45, 2.75) is 25.7 Å². The lowest BCUT2D eigenvalue weighted by atomic mass is 9.51. The summed E-state index contributed by atoms with van der Waals surface area (Å²) in [5.41, 5.74) is 1.68. The number of hydrogen-bond acceptors (Lipinski definition) is 7. The SMILES string of the molecule is COc1cccc(C2C3=CCC4C(=O)N(c5ccc(C(=O)c6ccccc6)cc5)C(=O)C4C3CC3C(=O)N(c4ccccc4)C(=O)C32C)c1O. The molecule has 2 saturated heterocycles. The van der Waals surface area contributed by atoms with Crippen molar-refractivity contribution in [2.75, 3.05) is 16.9 Å². The van der Waals surface area contributed by atoms with Gasteiger partial charge in [-0.25, -0.2) is 4.90 Å². The maximum absolute atomic E-state index is 14.6. The van der Waals surface area contributed by atoms with Crippen molar-refractivity contribution < 1.29 is 33.8 Å². The van der Waals surface area contributed by atoms with Crippen LogP contribution in [0.25, 0.3) is 0 Å². The Kier molecular flexibility index (Phi) is 7.33. The van der Waals surface area contributed by atoms with Crippen LogP contribution in [0.3, 0.4) is 0 Å². The van der Waals surface area contributed by atoms with Crippen molar-refractivity contribution in [1.82, 2.24) is 0 Å². The summed E-state index contributed by atoms with van der Waals surface area (Å²) < 4.78 is 5.45. The lowest BCUT2D eigenvalue weighted by molar-refractivity contribution is -0.131. The van der Waals surface area contributed by atoms with Crippen molar-refractivity contribution in [3.8, 4) is 11.5 Å². The number of ketones is 1. The first-order valence-corrected chi connectivity index (χ1v) is 16.7. The topological polar surface area (TPSA) is 121 Å². The second-order valence-electron chi connectivity index (χ2n) is 13.6. The van der Waals surface area contributed by atoms with Crippen LogP contribution in [0.2, 0.25) is 0 Å². The van der Waals surface area contributed by atoms with Crippen molar-refractivity contribution in [2.24, 2.45) is 29.1 Å². The molecule has 50 heavy (non-hydrogen) atoms. The minimum absolute atomic E-state index is 0.136. The van der Waals surface area contributed by atoms with Crippen LogP contribution in [-0.4, -0.2) is 41.6 Å². The minimum atomic E-state index is -1.29. The van der Waals surface area contributed by atoms with Gasteiger partial charge in [-0.05, 0) is 68.1 Å². The van der Waals surface area contributed by atoms with Gasteiger partial charge in [0.05, 0.1) is 41.7 Å². The zero-order valence-electron chi connectivity index (χ0n) is 27.5. The van der Waals surface area contributed by atoms with Gasteiger partial charge in [-0.15, -0.1) is 0 Å². The summed E-state index contributed by atoms with van der Waals surface area (Å²) in [4.78, 5) is 72.8. The Morgan fingerprint density at radius 1 is 0.740 bits per heavy atom. The molecule has 6 unspecified atom stereocenters. The third-order valence-corrected chi connectivity index (χ3v) is 11.3. The number of para-hydroxylation sites is 2. The van der Waals surface area contributed by atoms with E-state index in [1.165, 1.54) is 16.9 Å². The van der Waals surface area contributed by atoms with Gasteiger partial charge in [0, 0.05) is 22.6 Å². The molecule has 4 aromatic carbocycles. The maximum Gasteiger partial charge on any atom is 0.241 e. The van der Waals surface area contributed by atoms with E-state index in [2.05, 4.69) is 0 Å².